The van der Waals surface area contributed by atoms with E-state index < -0.39 is 23.9 Å². The van der Waals surface area contributed by atoms with Gasteiger partial charge in [-0.1, -0.05) is 66.2 Å². The molecule has 0 bridgehead atoms. The van der Waals surface area contributed by atoms with Gasteiger partial charge in [0, 0.05) is 19.4 Å². The summed E-state index contributed by atoms with van der Waals surface area (Å²) in [6, 6.07) is 19.3. The molecule has 33 heavy (non-hydrogen) atoms. The number of hydrogen-bond acceptors (Lipinski definition) is 4. The first-order valence-electron chi connectivity index (χ1n) is 10.5. The van der Waals surface area contributed by atoms with E-state index in [9.17, 15) is 14.0 Å². The van der Waals surface area contributed by atoms with Crippen LogP contribution in [0.2, 0.25) is 5.02 Å². The number of rotatable bonds is 6. The van der Waals surface area contributed by atoms with Gasteiger partial charge in [-0.3, -0.25) is 4.90 Å². The van der Waals surface area contributed by atoms with Crippen molar-refractivity contribution in [2.45, 2.75) is 18.4 Å². The van der Waals surface area contributed by atoms with Crippen molar-refractivity contribution in [1.82, 2.24) is 4.90 Å². The SMILES string of the molecule is COC(=O)[C@H](Cc1ccc(Cl)c(F)c1)N(C)C(=O)OCC1c2ccccc2-c2ccccc21. The molecular weight excluding hydrogens is 445 g/mol. The highest BCUT2D eigenvalue weighted by molar-refractivity contribution is 6.30. The zero-order valence-corrected chi connectivity index (χ0v) is 19.0. The summed E-state index contributed by atoms with van der Waals surface area (Å²) in [5.74, 6) is -1.32. The summed E-state index contributed by atoms with van der Waals surface area (Å²) < 4.78 is 24.4. The summed E-state index contributed by atoms with van der Waals surface area (Å²) in [6.45, 7) is 0.126. The first kappa shape index (κ1) is 22.8. The number of halogens is 2. The lowest BCUT2D eigenvalue weighted by molar-refractivity contribution is -0.145. The lowest BCUT2D eigenvalue weighted by Crippen LogP contribution is -2.45. The molecule has 4 rings (SSSR count). The van der Waals surface area contributed by atoms with Crippen LogP contribution in [0.25, 0.3) is 11.1 Å². The number of fused-ring (bicyclic) bond motifs is 3. The number of methoxy groups -OCH3 is 1. The molecule has 0 fully saturated rings. The predicted molar refractivity (Wildman–Crippen MR) is 124 cm³/mol. The maximum atomic E-state index is 13.9. The molecule has 0 radical (unpaired) electrons. The van der Waals surface area contributed by atoms with E-state index in [1.165, 1.54) is 31.2 Å². The van der Waals surface area contributed by atoms with E-state index >= 15 is 0 Å². The molecule has 5 nitrogen and oxygen atoms in total. The third kappa shape index (κ3) is 4.57. The number of benzene rings is 3. The minimum atomic E-state index is -0.980. The van der Waals surface area contributed by atoms with E-state index in [0.717, 1.165) is 22.3 Å². The van der Waals surface area contributed by atoms with Crippen LogP contribution in [-0.4, -0.2) is 43.8 Å². The molecule has 0 N–H and O–H groups in total. The van der Waals surface area contributed by atoms with Crippen LogP contribution in [-0.2, 0) is 20.7 Å². The van der Waals surface area contributed by atoms with E-state index in [4.69, 9.17) is 21.1 Å². The van der Waals surface area contributed by atoms with Crippen molar-refractivity contribution < 1.29 is 23.5 Å². The Bertz CT molecular complexity index is 1150. The highest BCUT2D eigenvalue weighted by Gasteiger charge is 2.32. The topological polar surface area (TPSA) is 55.8 Å². The van der Waals surface area contributed by atoms with Crippen molar-refractivity contribution in [3.63, 3.8) is 0 Å². The lowest BCUT2D eigenvalue weighted by Gasteiger charge is -2.26. The molecule has 0 unspecified atom stereocenters. The Morgan fingerprint density at radius 3 is 2.21 bits per heavy atom. The molecule has 0 aliphatic heterocycles. The molecule has 1 atom stereocenters. The maximum absolute atomic E-state index is 13.9. The summed E-state index contributed by atoms with van der Waals surface area (Å²) in [4.78, 5) is 26.5. The normalized spacial score (nSPS) is 13.1. The van der Waals surface area contributed by atoms with Crippen molar-refractivity contribution in [3.8, 4) is 11.1 Å². The van der Waals surface area contributed by atoms with Gasteiger partial charge in [0.15, 0.2) is 0 Å². The first-order chi connectivity index (χ1) is 15.9. The van der Waals surface area contributed by atoms with Gasteiger partial charge in [0.25, 0.3) is 0 Å². The Labute approximate surface area is 196 Å². The molecule has 7 heteroatoms. The van der Waals surface area contributed by atoms with Gasteiger partial charge in [0.05, 0.1) is 12.1 Å². The number of carbonyl (C=O) groups is 2. The third-order valence-corrected chi connectivity index (χ3v) is 6.28. The fourth-order valence-electron chi connectivity index (χ4n) is 4.23. The second-order valence-electron chi connectivity index (χ2n) is 7.91. The smallest absolute Gasteiger partial charge is 0.410 e. The number of likely N-dealkylation sites (N-methyl/N-ethyl adjacent to an activating group) is 1. The number of carbonyl (C=O) groups excluding carboxylic acids is 2. The van der Waals surface area contributed by atoms with Gasteiger partial charge < -0.3 is 9.47 Å². The van der Waals surface area contributed by atoms with Crippen LogP contribution in [0.15, 0.2) is 66.7 Å². The van der Waals surface area contributed by atoms with Gasteiger partial charge in [-0.2, -0.15) is 0 Å². The zero-order chi connectivity index (χ0) is 23.5. The quantitative estimate of drug-likeness (QED) is 0.453. The maximum Gasteiger partial charge on any atom is 0.410 e. The van der Waals surface area contributed by atoms with Crippen LogP contribution in [0.1, 0.15) is 22.6 Å². The largest absolute Gasteiger partial charge is 0.467 e. The van der Waals surface area contributed by atoms with Gasteiger partial charge in [0.1, 0.15) is 18.5 Å². The summed E-state index contributed by atoms with van der Waals surface area (Å²) in [7, 11) is 2.70. The third-order valence-electron chi connectivity index (χ3n) is 5.98. The molecule has 0 heterocycles. The highest BCUT2D eigenvalue weighted by atomic mass is 35.5. The average Bonchev–Trinajstić information content (AvgIpc) is 3.16. The number of ether oxygens (including phenoxy) is 2. The molecule has 1 aliphatic carbocycles. The van der Waals surface area contributed by atoms with Crippen LogP contribution in [0.3, 0.4) is 0 Å². The van der Waals surface area contributed by atoms with Gasteiger partial charge in [-0.05, 0) is 39.9 Å². The summed E-state index contributed by atoms with van der Waals surface area (Å²) in [5.41, 5.74) is 4.94. The van der Waals surface area contributed by atoms with Gasteiger partial charge in [-0.15, -0.1) is 0 Å². The average molecular weight is 468 g/mol. The van der Waals surface area contributed by atoms with Crippen LogP contribution < -0.4 is 0 Å². The Balaban J connectivity index is 1.50. The second kappa shape index (κ2) is 9.63. The molecule has 1 aliphatic rings. The van der Waals surface area contributed by atoms with E-state index in [1.54, 1.807) is 6.07 Å². The van der Waals surface area contributed by atoms with E-state index in [0.29, 0.717) is 5.56 Å². The van der Waals surface area contributed by atoms with Gasteiger partial charge in [-0.25, -0.2) is 14.0 Å². The van der Waals surface area contributed by atoms with Crippen LogP contribution in [0, 0.1) is 5.82 Å². The van der Waals surface area contributed by atoms with Crippen molar-refractivity contribution in [2.75, 3.05) is 20.8 Å². The van der Waals surface area contributed by atoms with Crippen LogP contribution in [0.4, 0.5) is 9.18 Å². The molecular formula is C26H23ClFNO4. The molecule has 0 saturated heterocycles. The molecule has 0 aromatic heterocycles. The second-order valence-corrected chi connectivity index (χ2v) is 8.31. The van der Waals surface area contributed by atoms with Crippen LogP contribution in [0.5, 0.6) is 0 Å². The number of esters is 1. The molecule has 1 amide bonds. The Morgan fingerprint density at radius 1 is 1.03 bits per heavy atom. The number of amides is 1. The minimum absolute atomic E-state index is 0.0155. The van der Waals surface area contributed by atoms with Crippen molar-refractivity contribution in [1.29, 1.82) is 0 Å². The molecule has 170 valence electrons. The van der Waals surface area contributed by atoms with Crippen molar-refractivity contribution in [2.24, 2.45) is 0 Å². The summed E-state index contributed by atoms with van der Waals surface area (Å²) in [5, 5.41) is -0.0155. The molecule has 0 saturated carbocycles. The fraction of sp³-hybridized carbons (Fsp3) is 0.231. The summed E-state index contributed by atoms with van der Waals surface area (Å²) in [6.07, 6.45) is -0.608. The Morgan fingerprint density at radius 2 is 1.64 bits per heavy atom. The summed E-state index contributed by atoms with van der Waals surface area (Å²) >= 11 is 5.74. The van der Waals surface area contributed by atoms with Crippen LogP contribution >= 0.6 is 11.6 Å². The van der Waals surface area contributed by atoms with Gasteiger partial charge >= 0.3 is 12.1 Å². The van der Waals surface area contributed by atoms with E-state index in [2.05, 4.69) is 12.1 Å². The van der Waals surface area contributed by atoms with Crippen molar-refractivity contribution >= 4 is 23.7 Å². The lowest BCUT2D eigenvalue weighted by atomic mass is 9.98. The fourth-order valence-corrected chi connectivity index (χ4v) is 4.34. The molecule has 3 aromatic rings. The minimum Gasteiger partial charge on any atom is -0.467 e. The van der Waals surface area contributed by atoms with Crippen molar-refractivity contribution in [3.05, 3.63) is 94.3 Å². The Kier molecular flexibility index (Phi) is 6.65. The van der Waals surface area contributed by atoms with E-state index in [1.807, 2.05) is 36.4 Å². The first-order valence-corrected chi connectivity index (χ1v) is 10.9. The predicted octanol–water partition coefficient (Wildman–Crippen LogP) is 5.44. The van der Waals surface area contributed by atoms with Gasteiger partial charge in [0.2, 0.25) is 0 Å². The molecule has 0 spiro atoms. The Hall–Kier alpha value is -3.38. The standard InChI is InChI=1S/C26H23ClFNO4/c1-29(24(25(30)32-2)14-16-11-12-22(27)23(28)13-16)26(31)33-15-21-19-9-5-3-7-17(19)18-8-4-6-10-20(18)21/h3-13,21,24H,14-15H2,1-2H3/t24-/m0/s1. The number of nitrogens with zero attached hydrogens (tertiary/aromatic N) is 1. The highest BCUT2D eigenvalue weighted by Crippen LogP contribution is 2.44. The van der Waals surface area contributed by atoms with E-state index in [-0.39, 0.29) is 24.0 Å². The monoisotopic (exact) mass is 467 g/mol. The number of hydrogen-bond donors (Lipinski definition) is 0. The molecule has 3 aromatic carbocycles. The zero-order valence-electron chi connectivity index (χ0n) is 18.3.